The number of ether oxygens (including phenoxy) is 3. The summed E-state index contributed by atoms with van der Waals surface area (Å²) in [4.78, 5) is 8.17. The molecule has 0 radical (unpaired) electrons. The Bertz CT molecular complexity index is 551. The molecule has 0 aliphatic rings. The highest BCUT2D eigenvalue weighted by atomic mass is 16.5. The number of aromatic nitrogens is 2. The lowest BCUT2D eigenvalue weighted by Crippen LogP contribution is -2.06. The number of methoxy groups -OCH3 is 2. The molecule has 0 saturated heterocycles. The van der Waals surface area contributed by atoms with Gasteiger partial charge >= 0.3 is 0 Å². The molecule has 6 nitrogen and oxygen atoms in total. The number of benzene rings is 1. The van der Waals surface area contributed by atoms with Crippen molar-refractivity contribution in [3.63, 3.8) is 0 Å². The third kappa shape index (κ3) is 3.75. The molecule has 0 fully saturated rings. The molecule has 1 aromatic heterocycles. The Morgan fingerprint density at radius 2 is 1.62 bits per heavy atom. The predicted molar refractivity (Wildman–Crippen MR) is 80.1 cm³/mol. The van der Waals surface area contributed by atoms with Crippen LogP contribution in [0.25, 0.3) is 0 Å². The fourth-order valence-corrected chi connectivity index (χ4v) is 1.91. The van der Waals surface area contributed by atoms with Gasteiger partial charge in [-0.25, -0.2) is 9.97 Å². The second kappa shape index (κ2) is 7.33. The van der Waals surface area contributed by atoms with E-state index in [1.165, 1.54) is 6.33 Å². The van der Waals surface area contributed by atoms with Gasteiger partial charge in [0.1, 0.15) is 12.1 Å². The molecule has 1 N–H and O–H groups in total. The Kier molecular flexibility index (Phi) is 5.20. The number of nitrogens with zero attached hydrogens (tertiary/aromatic N) is 2. The molecule has 0 aliphatic heterocycles. The molecule has 0 bridgehead atoms. The Balaban J connectivity index is 2.08. The Morgan fingerprint density at radius 1 is 1.00 bits per heavy atom. The molecule has 1 heterocycles. The van der Waals surface area contributed by atoms with Crippen molar-refractivity contribution in [1.29, 1.82) is 0 Å². The van der Waals surface area contributed by atoms with Gasteiger partial charge in [0.15, 0.2) is 0 Å². The molecular formula is C15H19N3O3. The van der Waals surface area contributed by atoms with Gasteiger partial charge in [0.25, 0.3) is 0 Å². The maximum atomic E-state index is 5.41. The van der Waals surface area contributed by atoms with Crippen LogP contribution in [0, 0.1) is 0 Å². The number of hydrogen-bond acceptors (Lipinski definition) is 6. The second-order valence-electron chi connectivity index (χ2n) is 4.18. The van der Waals surface area contributed by atoms with E-state index in [0.29, 0.717) is 24.9 Å². The van der Waals surface area contributed by atoms with Crippen molar-refractivity contribution >= 4 is 5.69 Å². The van der Waals surface area contributed by atoms with E-state index in [0.717, 1.165) is 17.0 Å². The van der Waals surface area contributed by atoms with Crippen LogP contribution in [-0.2, 0) is 6.54 Å². The summed E-state index contributed by atoms with van der Waals surface area (Å²) < 4.78 is 15.9. The molecule has 21 heavy (non-hydrogen) atoms. The van der Waals surface area contributed by atoms with E-state index < -0.39 is 0 Å². The molecule has 2 rings (SSSR count). The summed E-state index contributed by atoms with van der Waals surface area (Å²) in [6, 6.07) is 7.74. The first-order chi connectivity index (χ1) is 10.3. The average molecular weight is 289 g/mol. The maximum Gasteiger partial charge on any atom is 0.225 e. The Labute approximate surface area is 124 Å². The SMILES string of the molecule is CCOc1ccc(NCc2c(OC)ncnc2OC)cc1. The first-order valence-corrected chi connectivity index (χ1v) is 6.67. The van der Waals surface area contributed by atoms with Gasteiger partial charge in [0.05, 0.1) is 32.9 Å². The third-order valence-corrected chi connectivity index (χ3v) is 2.89. The number of anilines is 1. The smallest absolute Gasteiger partial charge is 0.225 e. The molecule has 0 amide bonds. The van der Waals surface area contributed by atoms with E-state index in [1.807, 2.05) is 31.2 Å². The normalized spacial score (nSPS) is 10.0. The largest absolute Gasteiger partial charge is 0.494 e. The van der Waals surface area contributed by atoms with Gasteiger partial charge in [0.2, 0.25) is 11.8 Å². The van der Waals surface area contributed by atoms with Crippen LogP contribution in [0.3, 0.4) is 0 Å². The van der Waals surface area contributed by atoms with Gasteiger partial charge in [-0.1, -0.05) is 0 Å². The zero-order valence-electron chi connectivity index (χ0n) is 12.4. The average Bonchev–Trinajstić information content (AvgIpc) is 2.54. The molecule has 1 aromatic carbocycles. The summed E-state index contributed by atoms with van der Waals surface area (Å²) in [5.74, 6) is 1.85. The van der Waals surface area contributed by atoms with Crippen molar-refractivity contribution in [2.75, 3.05) is 26.1 Å². The van der Waals surface area contributed by atoms with Gasteiger partial charge in [-0.05, 0) is 31.2 Å². The standard InChI is InChI=1S/C15H19N3O3/c1-4-21-12-7-5-11(6-8-12)16-9-13-14(19-2)17-10-18-15(13)20-3/h5-8,10,16H,4,9H2,1-3H3. The summed E-state index contributed by atoms with van der Waals surface area (Å²) in [7, 11) is 3.14. The molecule has 112 valence electrons. The summed E-state index contributed by atoms with van der Waals surface area (Å²) in [5.41, 5.74) is 1.74. The summed E-state index contributed by atoms with van der Waals surface area (Å²) in [6.07, 6.45) is 1.41. The Morgan fingerprint density at radius 3 is 2.14 bits per heavy atom. The van der Waals surface area contributed by atoms with E-state index in [9.17, 15) is 0 Å². The highest BCUT2D eigenvalue weighted by Gasteiger charge is 2.12. The van der Waals surface area contributed by atoms with Crippen LogP contribution < -0.4 is 19.5 Å². The van der Waals surface area contributed by atoms with E-state index >= 15 is 0 Å². The fraction of sp³-hybridized carbons (Fsp3) is 0.333. The van der Waals surface area contributed by atoms with Gasteiger partial charge in [0, 0.05) is 5.69 Å². The first kappa shape index (κ1) is 14.9. The monoisotopic (exact) mass is 289 g/mol. The second-order valence-corrected chi connectivity index (χ2v) is 4.18. The summed E-state index contributed by atoms with van der Waals surface area (Å²) in [6.45, 7) is 3.11. The topological polar surface area (TPSA) is 65.5 Å². The predicted octanol–water partition coefficient (Wildman–Crippen LogP) is 2.50. The minimum absolute atomic E-state index is 0.500. The maximum absolute atomic E-state index is 5.41. The van der Waals surface area contributed by atoms with Crippen LogP contribution in [0.15, 0.2) is 30.6 Å². The van der Waals surface area contributed by atoms with Crippen LogP contribution in [0.1, 0.15) is 12.5 Å². The highest BCUT2D eigenvalue weighted by Crippen LogP contribution is 2.25. The van der Waals surface area contributed by atoms with Gasteiger partial charge in [-0.15, -0.1) is 0 Å². The highest BCUT2D eigenvalue weighted by molar-refractivity contribution is 5.48. The number of hydrogen-bond donors (Lipinski definition) is 1. The van der Waals surface area contributed by atoms with Crippen LogP contribution >= 0.6 is 0 Å². The van der Waals surface area contributed by atoms with E-state index in [1.54, 1.807) is 14.2 Å². The van der Waals surface area contributed by atoms with Crippen molar-refractivity contribution < 1.29 is 14.2 Å². The minimum atomic E-state index is 0.500. The Hall–Kier alpha value is -2.50. The van der Waals surface area contributed by atoms with Gasteiger partial charge in [-0.2, -0.15) is 0 Å². The molecule has 0 aliphatic carbocycles. The van der Waals surface area contributed by atoms with Gasteiger partial charge in [-0.3, -0.25) is 0 Å². The van der Waals surface area contributed by atoms with Crippen LogP contribution in [0.5, 0.6) is 17.5 Å². The summed E-state index contributed by atoms with van der Waals surface area (Å²) >= 11 is 0. The quantitative estimate of drug-likeness (QED) is 0.845. The van der Waals surface area contributed by atoms with Crippen molar-refractivity contribution in [1.82, 2.24) is 9.97 Å². The van der Waals surface area contributed by atoms with E-state index in [-0.39, 0.29) is 0 Å². The minimum Gasteiger partial charge on any atom is -0.494 e. The van der Waals surface area contributed by atoms with Crippen LogP contribution in [0.2, 0.25) is 0 Å². The van der Waals surface area contributed by atoms with E-state index in [2.05, 4.69) is 15.3 Å². The zero-order valence-corrected chi connectivity index (χ0v) is 12.4. The van der Waals surface area contributed by atoms with Crippen molar-refractivity contribution in [2.45, 2.75) is 13.5 Å². The lowest BCUT2D eigenvalue weighted by atomic mass is 10.2. The molecule has 0 unspecified atom stereocenters. The van der Waals surface area contributed by atoms with E-state index in [4.69, 9.17) is 14.2 Å². The van der Waals surface area contributed by atoms with Crippen molar-refractivity contribution in [2.24, 2.45) is 0 Å². The molecule has 0 saturated carbocycles. The van der Waals surface area contributed by atoms with Crippen LogP contribution in [-0.4, -0.2) is 30.8 Å². The third-order valence-electron chi connectivity index (χ3n) is 2.89. The molecule has 6 heteroatoms. The molecular weight excluding hydrogens is 270 g/mol. The molecule has 0 spiro atoms. The van der Waals surface area contributed by atoms with Crippen molar-refractivity contribution in [3.05, 3.63) is 36.2 Å². The van der Waals surface area contributed by atoms with Crippen LogP contribution in [0.4, 0.5) is 5.69 Å². The van der Waals surface area contributed by atoms with Crippen molar-refractivity contribution in [3.8, 4) is 17.5 Å². The molecule has 0 atom stereocenters. The lowest BCUT2D eigenvalue weighted by Gasteiger charge is -2.12. The summed E-state index contributed by atoms with van der Waals surface area (Å²) in [5, 5.41) is 3.28. The first-order valence-electron chi connectivity index (χ1n) is 6.67. The van der Waals surface area contributed by atoms with Gasteiger partial charge < -0.3 is 19.5 Å². The number of nitrogens with one attached hydrogen (secondary N) is 1. The zero-order chi connectivity index (χ0) is 15.1. The fourth-order valence-electron chi connectivity index (χ4n) is 1.91. The number of rotatable bonds is 7. The molecule has 2 aromatic rings. The lowest BCUT2D eigenvalue weighted by molar-refractivity contribution is 0.340.